The standard InChI is InChI=1S/C18H24N2OS/c1-14-16(11-20-10-6-9-18(2,12-20)13-21)22-17(19-14)15-7-4-3-5-8-15/h3-5,7-8,21H,6,9-13H2,1-2H3. The Morgan fingerprint density at radius 3 is 2.82 bits per heavy atom. The average Bonchev–Trinajstić information content (AvgIpc) is 2.89. The van der Waals surface area contributed by atoms with Crippen LogP contribution in [0.5, 0.6) is 0 Å². The Balaban J connectivity index is 1.75. The molecule has 0 aliphatic carbocycles. The first kappa shape index (κ1) is 15.7. The number of likely N-dealkylation sites (tertiary alicyclic amines) is 1. The maximum Gasteiger partial charge on any atom is 0.123 e. The van der Waals surface area contributed by atoms with E-state index in [1.807, 2.05) is 6.07 Å². The number of hydrogen-bond acceptors (Lipinski definition) is 4. The van der Waals surface area contributed by atoms with Crippen molar-refractivity contribution in [3.63, 3.8) is 0 Å². The van der Waals surface area contributed by atoms with Gasteiger partial charge in [-0.2, -0.15) is 0 Å². The number of aromatic nitrogens is 1. The molecule has 1 fully saturated rings. The summed E-state index contributed by atoms with van der Waals surface area (Å²) in [6, 6.07) is 10.4. The molecule has 2 aromatic rings. The van der Waals surface area contributed by atoms with E-state index < -0.39 is 0 Å². The molecule has 0 spiro atoms. The summed E-state index contributed by atoms with van der Waals surface area (Å²) in [5.74, 6) is 0. The lowest BCUT2D eigenvalue weighted by atomic mass is 9.83. The van der Waals surface area contributed by atoms with Crippen molar-refractivity contribution >= 4 is 11.3 Å². The Labute approximate surface area is 136 Å². The van der Waals surface area contributed by atoms with Gasteiger partial charge in [-0.05, 0) is 26.3 Å². The molecule has 1 aliphatic heterocycles. The Kier molecular flexibility index (Phi) is 4.62. The van der Waals surface area contributed by atoms with Crippen LogP contribution >= 0.6 is 11.3 Å². The first-order valence-electron chi connectivity index (χ1n) is 7.95. The highest BCUT2D eigenvalue weighted by Crippen LogP contribution is 2.32. The number of nitrogens with zero attached hydrogens (tertiary/aromatic N) is 2. The van der Waals surface area contributed by atoms with E-state index in [9.17, 15) is 5.11 Å². The van der Waals surface area contributed by atoms with Crippen molar-refractivity contribution in [2.24, 2.45) is 5.41 Å². The second-order valence-electron chi connectivity index (χ2n) is 6.68. The summed E-state index contributed by atoms with van der Waals surface area (Å²) >= 11 is 1.80. The first-order valence-corrected chi connectivity index (χ1v) is 8.76. The quantitative estimate of drug-likeness (QED) is 0.934. The summed E-state index contributed by atoms with van der Waals surface area (Å²) in [6.07, 6.45) is 2.29. The molecular weight excluding hydrogens is 292 g/mol. The number of hydrogen-bond donors (Lipinski definition) is 1. The molecule has 1 saturated heterocycles. The van der Waals surface area contributed by atoms with E-state index >= 15 is 0 Å². The van der Waals surface area contributed by atoms with Crippen LogP contribution < -0.4 is 0 Å². The number of benzene rings is 1. The van der Waals surface area contributed by atoms with Gasteiger partial charge in [0.05, 0.1) is 5.69 Å². The van der Waals surface area contributed by atoms with E-state index in [4.69, 9.17) is 4.98 Å². The van der Waals surface area contributed by atoms with Gasteiger partial charge in [0.1, 0.15) is 5.01 Å². The third-order valence-corrected chi connectivity index (χ3v) is 5.71. The molecule has 4 heteroatoms. The Morgan fingerprint density at radius 2 is 2.09 bits per heavy atom. The fourth-order valence-corrected chi connectivity index (χ4v) is 4.28. The van der Waals surface area contributed by atoms with E-state index in [0.29, 0.717) is 0 Å². The van der Waals surface area contributed by atoms with Crippen LogP contribution in [0, 0.1) is 12.3 Å². The van der Waals surface area contributed by atoms with Gasteiger partial charge in [-0.3, -0.25) is 4.90 Å². The average molecular weight is 316 g/mol. The number of piperidine rings is 1. The van der Waals surface area contributed by atoms with Gasteiger partial charge in [-0.15, -0.1) is 11.3 Å². The Hall–Kier alpha value is -1.23. The van der Waals surface area contributed by atoms with Crippen LogP contribution in [0.1, 0.15) is 30.3 Å². The summed E-state index contributed by atoms with van der Waals surface area (Å²) in [5, 5.41) is 10.7. The van der Waals surface area contributed by atoms with Crippen molar-refractivity contribution in [3.05, 3.63) is 40.9 Å². The minimum absolute atomic E-state index is 0.0547. The predicted octanol–water partition coefficient (Wildman–Crippen LogP) is 3.71. The zero-order chi connectivity index (χ0) is 15.6. The number of thiazole rings is 1. The molecule has 1 aliphatic rings. The van der Waals surface area contributed by atoms with E-state index in [0.717, 1.165) is 36.8 Å². The molecule has 0 bridgehead atoms. The first-order chi connectivity index (χ1) is 10.6. The van der Waals surface area contributed by atoms with Crippen LogP contribution in [-0.4, -0.2) is 34.7 Å². The summed E-state index contributed by atoms with van der Waals surface area (Å²) in [4.78, 5) is 8.56. The second kappa shape index (κ2) is 6.49. The van der Waals surface area contributed by atoms with E-state index in [-0.39, 0.29) is 12.0 Å². The smallest absolute Gasteiger partial charge is 0.123 e. The fraction of sp³-hybridized carbons (Fsp3) is 0.500. The van der Waals surface area contributed by atoms with E-state index in [2.05, 4.69) is 43.0 Å². The lowest BCUT2D eigenvalue weighted by molar-refractivity contribution is 0.0433. The minimum atomic E-state index is 0.0547. The molecule has 22 heavy (non-hydrogen) atoms. The van der Waals surface area contributed by atoms with Crippen LogP contribution in [0.2, 0.25) is 0 Å². The molecule has 0 radical (unpaired) electrons. The minimum Gasteiger partial charge on any atom is -0.396 e. The lowest BCUT2D eigenvalue weighted by Gasteiger charge is -2.39. The maximum atomic E-state index is 9.61. The van der Waals surface area contributed by atoms with Gasteiger partial charge < -0.3 is 5.11 Å². The topological polar surface area (TPSA) is 36.4 Å². The molecule has 3 rings (SSSR count). The Morgan fingerprint density at radius 1 is 1.32 bits per heavy atom. The van der Waals surface area contributed by atoms with Crippen LogP contribution in [0.15, 0.2) is 30.3 Å². The monoisotopic (exact) mass is 316 g/mol. The van der Waals surface area contributed by atoms with Crippen LogP contribution in [0.3, 0.4) is 0 Å². The van der Waals surface area contributed by atoms with Gasteiger partial charge in [0.2, 0.25) is 0 Å². The van der Waals surface area contributed by atoms with Gasteiger partial charge >= 0.3 is 0 Å². The van der Waals surface area contributed by atoms with Gasteiger partial charge in [0.25, 0.3) is 0 Å². The number of rotatable bonds is 4. The highest BCUT2D eigenvalue weighted by atomic mass is 32.1. The second-order valence-corrected chi connectivity index (χ2v) is 7.76. The van der Waals surface area contributed by atoms with Crippen molar-refractivity contribution in [1.82, 2.24) is 9.88 Å². The lowest BCUT2D eigenvalue weighted by Crippen LogP contribution is -2.43. The summed E-state index contributed by atoms with van der Waals surface area (Å²) < 4.78 is 0. The molecule has 0 amide bonds. The zero-order valence-corrected chi connectivity index (χ0v) is 14.2. The normalized spacial score (nSPS) is 22.9. The molecule has 3 nitrogen and oxygen atoms in total. The number of aliphatic hydroxyl groups is 1. The van der Waals surface area contributed by atoms with Crippen molar-refractivity contribution < 1.29 is 5.11 Å². The third kappa shape index (κ3) is 3.40. The van der Waals surface area contributed by atoms with Crippen molar-refractivity contribution in [3.8, 4) is 10.6 Å². The van der Waals surface area contributed by atoms with E-state index in [1.165, 1.54) is 16.9 Å². The van der Waals surface area contributed by atoms with Crippen LogP contribution in [0.25, 0.3) is 10.6 Å². The Bertz CT molecular complexity index is 625. The molecule has 1 unspecified atom stereocenters. The summed E-state index contributed by atoms with van der Waals surface area (Å²) in [7, 11) is 0. The van der Waals surface area contributed by atoms with E-state index in [1.54, 1.807) is 11.3 Å². The molecule has 1 aromatic carbocycles. The molecule has 1 aromatic heterocycles. The molecule has 1 atom stereocenters. The van der Waals surface area contributed by atoms with Crippen molar-refractivity contribution in [2.75, 3.05) is 19.7 Å². The van der Waals surface area contributed by atoms with Gasteiger partial charge in [-0.1, -0.05) is 37.3 Å². The zero-order valence-electron chi connectivity index (χ0n) is 13.4. The van der Waals surface area contributed by atoms with Crippen LogP contribution in [-0.2, 0) is 6.54 Å². The molecule has 2 heterocycles. The number of aryl methyl sites for hydroxylation is 1. The van der Waals surface area contributed by atoms with Crippen molar-refractivity contribution in [1.29, 1.82) is 0 Å². The predicted molar refractivity (Wildman–Crippen MR) is 92.0 cm³/mol. The molecule has 1 N–H and O–H groups in total. The van der Waals surface area contributed by atoms with Gasteiger partial charge in [-0.25, -0.2) is 4.98 Å². The maximum absolute atomic E-state index is 9.61. The van der Waals surface area contributed by atoms with Gasteiger partial charge in [0, 0.05) is 35.6 Å². The van der Waals surface area contributed by atoms with Crippen molar-refractivity contribution in [2.45, 2.75) is 33.2 Å². The largest absolute Gasteiger partial charge is 0.396 e. The molecular formula is C18H24N2OS. The molecule has 0 saturated carbocycles. The molecule has 118 valence electrons. The highest BCUT2D eigenvalue weighted by Gasteiger charge is 2.30. The SMILES string of the molecule is Cc1nc(-c2ccccc2)sc1CN1CCCC(C)(CO)C1. The van der Waals surface area contributed by atoms with Gasteiger partial charge in [0.15, 0.2) is 0 Å². The highest BCUT2D eigenvalue weighted by molar-refractivity contribution is 7.15. The van der Waals surface area contributed by atoms with Crippen LogP contribution in [0.4, 0.5) is 0 Å². The number of aliphatic hydroxyl groups excluding tert-OH is 1. The summed E-state index contributed by atoms with van der Waals surface area (Å²) in [5.41, 5.74) is 2.39. The fourth-order valence-electron chi connectivity index (χ4n) is 3.17. The summed E-state index contributed by atoms with van der Waals surface area (Å²) in [6.45, 7) is 7.61. The third-order valence-electron chi connectivity index (χ3n) is 4.52.